The van der Waals surface area contributed by atoms with Gasteiger partial charge in [-0.25, -0.2) is 4.79 Å². The van der Waals surface area contributed by atoms with E-state index in [0.29, 0.717) is 18.7 Å². The van der Waals surface area contributed by atoms with Crippen molar-refractivity contribution in [1.29, 1.82) is 0 Å². The Morgan fingerprint density at radius 2 is 0.699 bits per heavy atom. The first kappa shape index (κ1) is 34.4. The minimum absolute atomic E-state index is 0. The molecule has 0 saturated carbocycles. The summed E-state index contributed by atoms with van der Waals surface area (Å²) in [6.07, 6.45) is -13.7. The maximum atomic E-state index is 11.2. The zero-order valence-electron chi connectivity index (χ0n) is 82.2. The maximum Gasteiger partial charge on any atom is 0.326 e. The van der Waals surface area contributed by atoms with Crippen molar-refractivity contribution in [2.75, 3.05) is 0 Å². The lowest BCUT2D eigenvalue weighted by Crippen LogP contribution is -2.40. The van der Waals surface area contributed by atoms with Gasteiger partial charge < -0.3 is 42.3 Å². The average Bonchev–Trinajstić information content (AvgIpc) is 0.721. The molecule has 73 heavy (non-hydrogen) atoms. The zero-order chi connectivity index (χ0) is 89.4. The van der Waals surface area contributed by atoms with E-state index in [0.717, 1.165) is 48.5 Å². The number of carboxylic acids is 1. The SMILES string of the molecule is C.[2H]C(C)(C)C([2H])([2H])[C@]([2H])(C)NC(C)=O.[2H]C([2H])(C(C)C)[C@]([2H])(C)NC(C)=O.[2H]C([2H])([2H])C(C)C([2H])([2H])[C@]([2H])(C)NC(C)=O.[2H]C([2H])([2H])C(C)C[C@H](C)NC(C)=O.[2H]N(C(C)=O)[C@@]([2H])(C(=O)O)C([2H])([2H])C([2H])(C)C([2H])([2H])[2H].[2H]N(C(C)=O)[C@@]([2H])(C)C([2H])([2H])C(C)C.[2H]N(C(C)=O)[C@@]([2H])(C)C([2H])([2H])C(C)C([2H])([2H])[2H]. The molecular formula is C57H121N7O9. The number of nitrogens with one attached hydrogen (secondary N) is 7. The van der Waals surface area contributed by atoms with Crippen LogP contribution in [0.4, 0.5) is 0 Å². The van der Waals surface area contributed by atoms with Gasteiger partial charge in [0.1, 0.15) is 6.02 Å². The van der Waals surface area contributed by atoms with Gasteiger partial charge in [-0.1, -0.05) is 104 Å². The number of carbonyl (C=O) groups excluding carboxylic acids is 7. The second-order valence-electron chi connectivity index (χ2n) is 16.6. The summed E-state index contributed by atoms with van der Waals surface area (Å²) in [4.78, 5) is 87.2. The number of carbonyl (C=O) groups is 8. The van der Waals surface area contributed by atoms with Crippen molar-refractivity contribution in [3.63, 3.8) is 0 Å². The first-order chi connectivity index (χ1) is 45.9. The Kier molecular flexibility index (Phi) is 24.8. The third-order valence-corrected chi connectivity index (χ3v) is 5.97. The van der Waals surface area contributed by atoms with E-state index < -0.39 is 172 Å². The van der Waals surface area contributed by atoms with Crippen LogP contribution in [0.5, 0.6) is 0 Å². The standard InChI is InChI=1S/C8H15NO3.6C8H17NO.CH4/c1-5(2)4-7(8(11)12)9-6(3)10;6*1-6(2)5-7(3)9-8(4)10;/h5,7H,4H2,1-3H3,(H,9,10)(H,11,12);6*6-7H,5H2,1-4H3,(H,9,10);1H4/t7*7-;/m1000000./s1/i1D3,4D2,5D,7D;5D2,6D,7D;2*1D3,5D2,7D;2*5D2,7D;1D3;/hD3/t5?,7-;m;2*6?,7-;2m;6?,7-;. The summed E-state index contributed by atoms with van der Waals surface area (Å²) in [6, 6.07) is -13.2. The summed E-state index contributed by atoms with van der Waals surface area (Å²) < 4.78 is 261. The number of carboxylic acid groups (broad SMARTS) is 1. The summed E-state index contributed by atoms with van der Waals surface area (Å²) in [5, 5.41) is 18.3. The highest BCUT2D eigenvalue weighted by Crippen LogP contribution is 2.07. The Balaban J connectivity index is -0.000000181. The van der Waals surface area contributed by atoms with Gasteiger partial charge in [0, 0.05) is 120 Å². The molecular weight excluding hydrogens is 927 g/mol. The number of amides is 7. The molecule has 0 radical (unpaired) electrons. The van der Waals surface area contributed by atoms with Crippen molar-refractivity contribution in [3.8, 4) is 0 Å². The van der Waals surface area contributed by atoms with Crippen LogP contribution in [0.1, 0.15) is 283 Å². The fraction of sp³-hybridized carbons (Fsp3) is 0.860. The molecule has 7 amide bonds. The molecule has 0 aromatic carbocycles. The second kappa shape index (κ2) is 52.6. The molecule has 0 aromatic rings. The van der Waals surface area contributed by atoms with Crippen LogP contribution >= 0.6 is 0 Å². The molecule has 0 saturated heterocycles. The van der Waals surface area contributed by atoms with Crippen LogP contribution in [0.2, 0.25) is 4.24 Å². The predicted molar refractivity (Wildman–Crippen MR) is 308 cm³/mol. The summed E-state index contributed by atoms with van der Waals surface area (Å²) >= 11 is 0. The first-order valence-electron chi connectivity index (χ1n) is 40.0. The normalized spacial score (nSPS) is 26.6. The van der Waals surface area contributed by atoms with Crippen LogP contribution in [0.25, 0.3) is 0 Å². The van der Waals surface area contributed by atoms with Gasteiger partial charge in [-0.15, -0.1) is 0 Å². The summed E-state index contributed by atoms with van der Waals surface area (Å²) in [6.45, 7) is 19.5. The summed E-state index contributed by atoms with van der Waals surface area (Å²) in [5.41, 5.74) is 0. The van der Waals surface area contributed by atoms with Gasteiger partial charge in [0.15, 0.2) is 4.24 Å². The van der Waals surface area contributed by atoms with Crippen LogP contribution in [-0.4, -0.2) is 94.6 Å². The lowest BCUT2D eigenvalue weighted by atomic mass is 10.0. The molecule has 0 aliphatic heterocycles. The molecule has 0 spiro atoms. The second-order valence-corrected chi connectivity index (χ2v) is 16.6. The minimum Gasteiger partial charge on any atom is -0.480 e. The van der Waals surface area contributed by atoms with Gasteiger partial charge >= 0.3 is 5.97 Å². The highest BCUT2D eigenvalue weighted by atomic mass is 16.4. The molecule has 16 heteroatoms. The smallest absolute Gasteiger partial charge is 0.326 e. The molecule has 11 atom stereocenters. The van der Waals surface area contributed by atoms with Gasteiger partial charge in [-0.05, 0) is 128 Å². The first-order valence-corrected chi connectivity index (χ1v) is 22.7. The van der Waals surface area contributed by atoms with E-state index >= 15 is 0 Å². The highest BCUT2D eigenvalue weighted by Gasteiger charge is 2.19. The quantitative estimate of drug-likeness (QED) is 0.0514. The van der Waals surface area contributed by atoms with Crippen LogP contribution in [0.15, 0.2) is 0 Å². The topological polar surface area (TPSA) is 241 Å². The van der Waals surface area contributed by atoms with Gasteiger partial charge in [0.2, 0.25) is 41.4 Å². The van der Waals surface area contributed by atoms with Crippen LogP contribution in [0.3, 0.4) is 0 Å². The van der Waals surface area contributed by atoms with Crippen molar-refractivity contribution >= 4 is 47.3 Å². The number of hydrogen-bond acceptors (Lipinski definition) is 8. The Morgan fingerprint density at radius 1 is 0.397 bits per heavy atom. The Bertz CT molecular complexity index is 2880. The largest absolute Gasteiger partial charge is 0.480 e. The van der Waals surface area contributed by atoms with Gasteiger partial charge in [-0.3, -0.25) is 33.6 Å². The fourth-order valence-electron chi connectivity index (χ4n) is 4.70. The van der Waals surface area contributed by atoms with E-state index in [-0.39, 0.29) is 42.4 Å². The third kappa shape index (κ3) is 94.2. The molecule has 0 heterocycles. The number of hydrogen-bond donors (Lipinski definition) is 8. The van der Waals surface area contributed by atoms with E-state index in [1.165, 1.54) is 62.3 Å². The lowest BCUT2D eigenvalue weighted by molar-refractivity contribution is -0.142. The van der Waals surface area contributed by atoms with Crippen molar-refractivity contribution in [2.24, 2.45) is 41.4 Å². The van der Waals surface area contributed by atoms with Crippen LogP contribution in [-0.2, 0) is 38.4 Å². The van der Waals surface area contributed by atoms with E-state index in [4.69, 9.17) is 53.2 Å². The average molecular weight is 1080 g/mol. The molecule has 4 unspecified atom stereocenters. The lowest BCUT2D eigenvalue weighted by Gasteiger charge is -2.14. The molecule has 0 aromatic heterocycles. The molecule has 438 valence electrons. The van der Waals surface area contributed by atoms with Crippen molar-refractivity contribution < 1.29 is 91.6 Å². The molecule has 8 N–H and O–H groups in total. The Labute approximate surface area is 499 Å². The predicted octanol–water partition coefficient (Wildman–Crippen LogP) is 10.6. The van der Waals surface area contributed by atoms with E-state index in [1.807, 2.05) is 6.92 Å². The van der Waals surface area contributed by atoms with Crippen LogP contribution < -0.4 is 37.2 Å². The maximum absolute atomic E-state index is 11.2. The Hall–Kier alpha value is -4.24. The zero-order valence-corrected chi connectivity index (χ0v) is 47.2. The Morgan fingerprint density at radius 3 is 0.959 bits per heavy atom. The van der Waals surface area contributed by atoms with E-state index in [9.17, 15) is 38.4 Å². The minimum atomic E-state index is -3.58. The van der Waals surface area contributed by atoms with E-state index in [2.05, 4.69) is 21.3 Å². The fourth-order valence-corrected chi connectivity index (χ4v) is 4.70. The van der Waals surface area contributed by atoms with Crippen molar-refractivity contribution in [1.82, 2.24) is 37.2 Å². The summed E-state index contributed by atoms with van der Waals surface area (Å²) in [5.74, 6) is -14.9. The van der Waals surface area contributed by atoms with Crippen molar-refractivity contribution in [3.05, 3.63) is 0 Å². The highest BCUT2D eigenvalue weighted by molar-refractivity contribution is 5.82. The molecule has 0 aliphatic rings. The van der Waals surface area contributed by atoms with Gasteiger partial charge in [0.25, 0.3) is 0 Å². The van der Waals surface area contributed by atoms with Crippen molar-refractivity contribution in [2.45, 2.75) is 281 Å². The monoisotopic (exact) mass is 1080 g/mol. The molecule has 0 bridgehead atoms. The molecule has 16 nitrogen and oxygen atoms in total. The molecule has 0 aliphatic carbocycles. The molecule has 0 fully saturated rings. The van der Waals surface area contributed by atoms with Gasteiger partial charge in [0.05, 0.1) is 8.22 Å². The summed E-state index contributed by atoms with van der Waals surface area (Å²) in [7, 11) is 0. The third-order valence-electron chi connectivity index (χ3n) is 5.97. The number of rotatable bonds is 22. The van der Waals surface area contributed by atoms with Gasteiger partial charge in [-0.2, -0.15) is 0 Å². The van der Waals surface area contributed by atoms with E-state index in [1.54, 1.807) is 34.6 Å². The molecule has 0 rings (SSSR count). The number of aliphatic carboxylic acids is 1. The van der Waals surface area contributed by atoms with Crippen LogP contribution in [0, 0.1) is 41.4 Å².